The van der Waals surface area contributed by atoms with Crippen LogP contribution in [0.15, 0.2) is 0 Å². The van der Waals surface area contributed by atoms with E-state index < -0.39 is 12.0 Å². The van der Waals surface area contributed by atoms with Crippen molar-refractivity contribution in [2.75, 3.05) is 0 Å². The SMILES string of the molecule is CC(=O)CCC(NI)C(=O)O. The monoisotopic (exact) mass is 271 g/mol. The van der Waals surface area contributed by atoms with Gasteiger partial charge in [-0.3, -0.25) is 4.79 Å². The van der Waals surface area contributed by atoms with Crippen molar-refractivity contribution in [3.63, 3.8) is 0 Å². The third-order valence-corrected chi connectivity index (χ3v) is 1.97. The second kappa shape index (κ2) is 5.48. The largest absolute Gasteiger partial charge is 0.480 e. The molecule has 0 aliphatic heterocycles. The quantitative estimate of drug-likeness (QED) is 0.572. The van der Waals surface area contributed by atoms with Gasteiger partial charge in [0.1, 0.15) is 11.8 Å². The third-order valence-electron chi connectivity index (χ3n) is 1.21. The van der Waals surface area contributed by atoms with Crippen LogP contribution in [0.2, 0.25) is 0 Å². The lowest BCUT2D eigenvalue weighted by Gasteiger charge is -2.06. The van der Waals surface area contributed by atoms with Crippen molar-refractivity contribution in [3.05, 3.63) is 0 Å². The lowest BCUT2D eigenvalue weighted by molar-refractivity contribution is -0.139. The minimum absolute atomic E-state index is 0.0166. The normalized spacial score (nSPS) is 12.5. The van der Waals surface area contributed by atoms with Crippen LogP contribution >= 0.6 is 22.9 Å². The second-order valence-corrected chi connectivity index (χ2v) is 2.86. The molecule has 1 atom stereocenters. The maximum Gasteiger partial charge on any atom is 0.321 e. The number of rotatable bonds is 5. The van der Waals surface area contributed by atoms with E-state index in [0.29, 0.717) is 12.8 Å². The Bertz CT molecular complexity index is 160. The molecule has 0 aromatic carbocycles. The molecule has 0 aromatic rings. The molecule has 0 rings (SSSR count). The highest BCUT2D eigenvalue weighted by Gasteiger charge is 2.15. The minimum Gasteiger partial charge on any atom is -0.480 e. The standard InChI is InChI=1S/C6H10INO3/c1-4(9)2-3-5(8-7)6(10)11/h5,8H,2-3H2,1H3,(H,10,11). The highest BCUT2D eigenvalue weighted by molar-refractivity contribution is 14.1. The molecule has 0 aliphatic rings. The number of aliphatic carboxylic acids is 1. The average Bonchev–Trinajstić information content (AvgIpc) is 1.87. The van der Waals surface area contributed by atoms with Crippen LogP contribution in [0, 0.1) is 0 Å². The van der Waals surface area contributed by atoms with Gasteiger partial charge in [0.25, 0.3) is 0 Å². The highest BCUT2D eigenvalue weighted by atomic mass is 127. The number of ketones is 1. The number of carbonyl (C=O) groups excluding carboxylic acids is 1. The van der Waals surface area contributed by atoms with Gasteiger partial charge in [0.15, 0.2) is 0 Å². The fraction of sp³-hybridized carbons (Fsp3) is 0.667. The number of halogens is 1. The van der Waals surface area contributed by atoms with Crippen LogP contribution < -0.4 is 3.53 Å². The Balaban J connectivity index is 3.70. The highest BCUT2D eigenvalue weighted by Crippen LogP contribution is 1.99. The molecule has 0 heterocycles. The summed E-state index contributed by atoms with van der Waals surface area (Å²) in [6.07, 6.45) is 0.667. The van der Waals surface area contributed by atoms with Gasteiger partial charge in [0, 0.05) is 29.3 Å². The average molecular weight is 271 g/mol. The molecule has 0 aliphatic carbocycles. The van der Waals surface area contributed by atoms with E-state index in [2.05, 4.69) is 3.53 Å². The van der Waals surface area contributed by atoms with Crippen molar-refractivity contribution in [3.8, 4) is 0 Å². The number of carboxylic acid groups (broad SMARTS) is 1. The summed E-state index contributed by atoms with van der Waals surface area (Å²) in [5.74, 6) is -0.899. The summed E-state index contributed by atoms with van der Waals surface area (Å²) in [7, 11) is 0. The molecule has 0 fully saturated rings. The van der Waals surface area contributed by atoms with E-state index in [-0.39, 0.29) is 5.78 Å². The summed E-state index contributed by atoms with van der Waals surface area (Å²) in [5, 5.41) is 8.51. The first-order valence-corrected chi connectivity index (χ1v) is 4.24. The van der Waals surface area contributed by atoms with Crippen LogP contribution in [0.3, 0.4) is 0 Å². The van der Waals surface area contributed by atoms with Crippen LogP contribution in [0.4, 0.5) is 0 Å². The van der Waals surface area contributed by atoms with Gasteiger partial charge in [0.2, 0.25) is 0 Å². The van der Waals surface area contributed by atoms with E-state index >= 15 is 0 Å². The maximum absolute atomic E-state index is 10.5. The van der Waals surface area contributed by atoms with E-state index in [1.165, 1.54) is 6.92 Å². The Labute approximate surface area is 78.8 Å². The fourth-order valence-electron chi connectivity index (χ4n) is 0.572. The van der Waals surface area contributed by atoms with Gasteiger partial charge in [-0.15, -0.1) is 0 Å². The number of hydrogen-bond acceptors (Lipinski definition) is 3. The zero-order chi connectivity index (χ0) is 8.85. The molecular formula is C6H10INO3. The molecule has 1 unspecified atom stereocenters. The van der Waals surface area contributed by atoms with E-state index in [9.17, 15) is 9.59 Å². The Morgan fingerprint density at radius 2 is 2.18 bits per heavy atom. The van der Waals surface area contributed by atoms with Crippen molar-refractivity contribution in [1.29, 1.82) is 0 Å². The van der Waals surface area contributed by atoms with Crippen LogP contribution in [-0.2, 0) is 9.59 Å². The van der Waals surface area contributed by atoms with Gasteiger partial charge in [-0.25, -0.2) is 3.53 Å². The zero-order valence-electron chi connectivity index (χ0n) is 6.13. The summed E-state index contributed by atoms with van der Waals surface area (Å²) >= 11 is 1.77. The number of Topliss-reactive ketones (excluding diaryl/α,β-unsaturated/α-hetero) is 1. The van der Waals surface area contributed by atoms with Crippen LogP contribution in [0.5, 0.6) is 0 Å². The number of hydrogen-bond donors (Lipinski definition) is 2. The summed E-state index contributed by atoms with van der Waals surface area (Å²) in [4.78, 5) is 20.8. The minimum atomic E-state index is -0.916. The van der Waals surface area contributed by atoms with Gasteiger partial charge in [-0.05, 0) is 13.3 Å². The molecule has 64 valence electrons. The summed E-state index contributed by atoms with van der Waals surface area (Å²) in [5.41, 5.74) is 0. The molecule has 0 saturated heterocycles. The number of nitrogens with one attached hydrogen (secondary N) is 1. The van der Waals surface area contributed by atoms with E-state index in [1.54, 1.807) is 22.9 Å². The maximum atomic E-state index is 10.5. The molecule has 0 spiro atoms. The first-order chi connectivity index (χ1) is 5.07. The van der Waals surface area contributed by atoms with Crippen LogP contribution in [-0.4, -0.2) is 22.9 Å². The van der Waals surface area contributed by atoms with Gasteiger partial charge < -0.3 is 9.90 Å². The Morgan fingerprint density at radius 1 is 1.64 bits per heavy atom. The molecule has 11 heavy (non-hydrogen) atoms. The summed E-state index contributed by atoms with van der Waals surface area (Å²) in [6.45, 7) is 1.45. The van der Waals surface area contributed by atoms with Crippen molar-refractivity contribution < 1.29 is 14.7 Å². The molecule has 4 nitrogen and oxygen atoms in total. The molecule has 0 radical (unpaired) electrons. The van der Waals surface area contributed by atoms with Crippen molar-refractivity contribution in [2.45, 2.75) is 25.8 Å². The number of carboxylic acids is 1. The van der Waals surface area contributed by atoms with Gasteiger partial charge in [-0.1, -0.05) is 0 Å². The predicted molar refractivity (Wildman–Crippen MR) is 48.5 cm³/mol. The van der Waals surface area contributed by atoms with Crippen LogP contribution in [0.25, 0.3) is 0 Å². The first-order valence-electron chi connectivity index (χ1n) is 3.16. The zero-order valence-corrected chi connectivity index (χ0v) is 8.29. The molecular weight excluding hydrogens is 261 g/mol. The fourth-order valence-corrected chi connectivity index (χ4v) is 1.15. The molecule has 0 saturated carbocycles. The first kappa shape index (κ1) is 10.8. The Morgan fingerprint density at radius 3 is 2.45 bits per heavy atom. The lowest BCUT2D eigenvalue weighted by Crippen LogP contribution is -2.30. The van der Waals surface area contributed by atoms with E-state index in [1.807, 2.05) is 0 Å². The van der Waals surface area contributed by atoms with E-state index in [0.717, 1.165) is 0 Å². The topological polar surface area (TPSA) is 66.4 Å². The second-order valence-electron chi connectivity index (χ2n) is 2.24. The lowest BCUT2D eigenvalue weighted by atomic mass is 10.1. The Kier molecular flexibility index (Phi) is 5.39. The van der Waals surface area contributed by atoms with Gasteiger partial charge in [-0.2, -0.15) is 0 Å². The van der Waals surface area contributed by atoms with E-state index in [4.69, 9.17) is 5.11 Å². The smallest absolute Gasteiger partial charge is 0.321 e. The van der Waals surface area contributed by atoms with Crippen molar-refractivity contribution in [1.82, 2.24) is 3.53 Å². The predicted octanol–water partition coefficient (Wildman–Crippen LogP) is 0.748. The molecule has 2 N–H and O–H groups in total. The van der Waals surface area contributed by atoms with Crippen LogP contribution in [0.1, 0.15) is 19.8 Å². The van der Waals surface area contributed by atoms with Gasteiger partial charge >= 0.3 is 5.97 Å². The van der Waals surface area contributed by atoms with Crippen molar-refractivity contribution >= 4 is 34.6 Å². The molecule has 0 aromatic heterocycles. The third kappa shape index (κ3) is 5.14. The Hall–Kier alpha value is -0.170. The summed E-state index contributed by atoms with van der Waals surface area (Å²) < 4.78 is 2.58. The molecule has 0 bridgehead atoms. The van der Waals surface area contributed by atoms with Gasteiger partial charge in [0.05, 0.1) is 0 Å². The molecule has 0 amide bonds. The summed E-state index contributed by atoms with van der Waals surface area (Å²) in [6, 6.07) is -0.612. The molecule has 5 heteroatoms. The van der Waals surface area contributed by atoms with Crippen molar-refractivity contribution in [2.24, 2.45) is 0 Å². The number of carbonyl (C=O) groups is 2.